The average molecular weight is 237 g/mol. The number of nitrogens with zero attached hydrogens (tertiary/aromatic N) is 3. The topological polar surface area (TPSA) is 64.4 Å². The van der Waals surface area contributed by atoms with Crippen LogP contribution in [0.15, 0.2) is 18.7 Å². The van der Waals surface area contributed by atoms with E-state index in [1.807, 2.05) is 0 Å². The second-order valence-electron chi connectivity index (χ2n) is 2.61. The summed E-state index contributed by atoms with van der Waals surface area (Å²) in [6.45, 7) is 0. The van der Waals surface area contributed by atoms with Gasteiger partial charge < -0.3 is 4.84 Å². The first-order valence-corrected chi connectivity index (χ1v) is 3.92. The van der Waals surface area contributed by atoms with Crippen molar-refractivity contribution in [1.82, 2.24) is 9.66 Å². The lowest BCUT2D eigenvalue weighted by Gasteiger charge is -2.16. The number of rotatable bonds is 4. The lowest BCUT2D eigenvalue weighted by molar-refractivity contribution is -0.175. The number of carbonyl (C=O) groups is 2. The molecule has 88 valence electrons. The Hall–Kier alpha value is -2.06. The van der Waals surface area contributed by atoms with Crippen molar-refractivity contribution in [3.63, 3.8) is 0 Å². The number of halogens is 3. The van der Waals surface area contributed by atoms with Gasteiger partial charge in [0.1, 0.15) is 12.7 Å². The Balaban J connectivity index is 2.58. The van der Waals surface area contributed by atoms with E-state index >= 15 is 0 Å². The zero-order chi connectivity index (χ0) is 12.2. The summed E-state index contributed by atoms with van der Waals surface area (Å²) >= 11 is 0. The molecule has 1 heterocycles. The van der Waals surface area contributed by atoms with Gasteiger partial charge in [0.15, 0.2) is 0 Å². The third-order valence-corrected chi connectivity index (χ3v) is 1.35. The number of imidazole rings is 1. The summed E-state index contributed by atoms with van der Waals surface area (Å²) in [6, 6.07) is 0. The van der Waals surface area contributed by atoms with Crippen LogP contribution in [-0.2, 0) is 14.4 Å². The Morgan fingerprint density at radius 3 is 2.69 bits per heavy atom. The van der Waals surface area contributed by atoms with Crippen LogP contribution in [0.2, 0.25) is 0 Å². The minimum Gasteiger partial charge on any atom is -0.317 e. The van der Waals surface area contributed by atoms with E-state index in [1.54, 1.807) is 0 Å². The normalized spacial score (nSPS) is 10.9. The summed E-state index contributed by atoms with van der Waals surface area (Å²) in [5.74, 6) is -1.59. The molecule has 1 rings (SSSR count). The van der Waals surface area contributed by atoms with Crippen LogP contribution in [0.1, 0.15) is 6.42 Å². The molecule has 1 amide bonds. The Morgan fingerprint density at radius 1 is 1.56 bits per heavy atom. The third-order valence-electron chi connectivity index (χ3n) is 1.35. The second kappa shape index (κ2) is 4.64. The van der Waals surface area contributed by atoms with Crippen LogP contribution in [0, 0.1) is 0 Å². The second-order valence-corrected chi connectivity index (χ2v) is 2.61. The standard InChI is InChI=1S/C7H6F3N3O3/c8-7(9,10)3-6(15)16-13(5-14)12-2-1-11-4-12/h1-2,4-5H,3H2. The number of hydrogen-bond donors (Lipinski definition) is 0. The maximum atomic E-state index is 11.8. The fourth-order valence-corrected chi connectivity index (χ4v) is 0.792. The molecule has 0 aliphatic rings. The highest BCUT2D eigenvalue weighted by Crippen LogP contribution is 2.19. The van der Waals surface area contributed by atoms with Crippen LogP contribution < -0.4 is 5.17 Å². The fraction of sp³-hybridized carbons (Fsp3) is 0.286. The van der Waals surface area contributed by atoms with E-state index in [4.69, 9.17) is 0 Å². The first-order chi connectivity index (χ1) is 7.42. The fourth-order valence-electron chi connectivity index (χ4n) is 0.792. The Morgan fingerprint density at radius 2 is 2.25 bits per heavy atom. The molecule has 0 bridgehead atoms. The summed E-state index contributed by atoms with van der Waals surface area (Å²) in [6.07, 6.45) is -2.86. The number of hydroxylamine groups is 1. The number of carbonyl (C=O) groups excluding carboxylic acids is 2. The molecule has 0 spiro atoms. The molecule has 0 N–H and O–H groups in total. The summed E-state index contributed by atoms with van der Waals surface area (Å²) in [5, 5.41) is 0.293. The van der Waals surface area contributed by atoms with Gasteiger partial charge >= 0.3 is 12.1 Å². The first kappa shape index (κ1) is 12.0. The monoisotopic (exact) mass is 237 g/mol. The maximum Gasteiger partial charge on any atom is 0.399 e. The van der Waals surface area contributed by atoms with Gasteiger partial charge in [-0.15, -0.1) is 0 Å². The summed E-state index contributed by atoms with van der Waals surface area (Å²) < 4.78 is 36.2. The molecule has 16 heavy (non-hydrogen) atoms. The molecular formula is C7H6F3N3O3. The van der Waals surface area contributed by atoms with E-state index < -0.39 is 18.6 Å². The molecule has 0 aliphatic carbocycles. The molecule has 0 saturated heterocycles. The van der Waals surface area contributed by atoms with Crippen molar-refractivity contribution >= 4 is 12.4 Å². The van der Waals surface area contributed by atoms with E-state index in [0.717, 1.165) is 11.0 Å². The van der Waals surface area contributed by atoms with Crippen molar-refractivity contribution in [2.24, 2.45) is 0 Å². The summed E-state index contributed by atoms with van der Waals surface area (Å²) in [4.78, 5) is 28.8. The molecule has 0 saturated carbocycles. The lowest BCUT2D eigenvalue weighted by Crippen LogP contribution is -2.36. The van der Waals surface area contributed by atoms with E-state index in [-0.39, 0.29) is 6.41 Å². The van der Waals surface area contributed by atoms with Gasteiger partial charge in [0, 0.05) is 12.4 Å². The van der Waals surface area contributed by atoms with Crippen LogP contribution in [0.3, 0.4) is 0 Å². The Kier molecular flexibility index (Phi) is 3.48. The largest absolute Gasteiger partial charge is 0.399 e. The van der Waals surface area contributed by atoms with Crippen LogP contribution in [-0.4, -0.2) is 28.2 Å². The van der Waals surface area contributed by atoms with Crippen molar-refractivity contribution in [1.29, 1.82) is 0 Å². The van der Waals surface area contributed by atoms with Gasteiger partial charge in [0.25, 0.3) is 6.41 Å². The van der Waals surface area contributed by atoms with Crippen LogP contribution in [0.5, 0.6) is 0 Å². The first-order valence-electron chi connectivity index (χ1n) is 3.92. The van der Waals surface area contributed by atoms with Crippen LogP contribution in [0.25, 0.3) is 0 Å². The quantitative estimate of drug-likeness (QED) is 0.561. The zero-order valence-corrected chi connectivity index (χ0v) is 7.72. The SMILES string of the molecule is O=CN(OC(=O)CC(F)(F)F)n1ccnc1. The van der Waals surface area contributed by atoms with Gasteiger partial charge in [-0.2, -0.15) is 13.2 Å². The van der Waals surface area contributed by atoms with Gasteiger partial charge in [-0.25, -0.2) is 14.5 Å². The molecular weight excluding hydrogens is 231 g/mol. The zero-order valence-electron chi connectivity index (χ0n) is 7.72. The molecule has 0 radical (unpaired) electrons. The van der Waals surface area contributed by atoms with Crippen molar-refractivity contribution in [2.75, 3.05) is 5.17 Å². The predicted molar refractivity (Wildman–Crippen MR) is 43.3 cm³/mol. The minimum atomic E-state index is -4.68. The smallest absolute Gasteiger partial charge is 0.317 e. The molecule has 0 aromatic carbocycles. The highest BCUT2D eigenvalue weighted by molar-refractivity contribution is 5.73. The van der Waals surface area contributed by atoms with E-state index in [9.17, 15) is 22.8 Å². The predicted octanol–water partition coefficient (Wildman–Crippen LogP) is 0.388. The molecule has 0 unspecified atom stereocenters. The highest BCUT2D eigenvalue weighted by atomic mass is 19.4. The molecule has 1 aromatic rings. The Labute approximate surface area is 87.1 Å². The molecule has 0 fully saturated rings. The van der Waals surface area contributed by atoms with E-state index in [2.05, 4.69) is 9.82 Å². The summed E-state index contributed by atoms with van der Waals surface area (Å²) in [5.41, 5.74) is 0. The van der Waals surface area contributed by atoms with Crippen molar-refractivity contribution in [2.45, 2.75) is 12.6 Å². The van der Waals surface area contributed by atoms with Crippen LogP contribution >= 0.6 is 0 Å². The van der Waals surface area contributed by atoms with Crippen molar-refractivity contribution in [3.8, 4) is 0 Å². The van der Waals surface area contributed by atoms with Gasteiger partial charge in [0.2, 0.25) is 0 Å². The highest BCUT2D eigenvalue weighted by Gasteiger charge is 2.33. The van der Waals surface area contributed by atoms with Crippen LogP contribution in [0.4, 0.5) is 13.2 Å². The average Bonchev–Trinajstić information content (AvgIpc) is 2.63. The van der Waals surface area contributed by atoms with E-state index in [1.165, 1.54) is 12.4 Å². The number of amides is 1. The lowest BCUT2D eigenvalue weighted by atomic mass is 10.4. The molecule has 6 nitrogen and oxygen atoms in total. The molecule has 0 aliphatic heterocycles. The number of hydrogen-bond acceptors (Lipinski definition) is 4. The van der Waals surface area contributed by atoms with E-state index in [0.29, 0.717) is 5.17 Å². The van der Waals surface area contributed by atoms with Gasteiger partial charge in [-0.3, -0.25) is 4.79 Å². The Bertz CT molecular complexity index is 363. The molecule has 0 atom stereocenters. The maximum absolute atomic E-state index is 11.8. The third kappa shape index (κ3) is 3.59. The minimum absolute atomic E-state index is 0.0377. The number of aromatic nitrogens is 2. The van der Waals surface area contributed by atoms with Gasteiger partial charge in [0.05, 0.1) is 0 Å². The number of alkyl halides is 3. The molecule has 1 aromatic heterocycles. The van der Waals surface area contributed by atoms with Crippen molar-refractivity contribution in [3.05, 3.63) is 18.7 Å². The summed E-state index contributed by atoms with van der Waals surface area (Å²) in [7, 11) is 0. The van der Waals surface area contributed by atoms with Gasteiger partial charge in [-0.1, -0.05) is 5.17 Å². The van der Waals surface area contributed by atoms with Crippen molar-refractivity contribution < 1.29 is 27.6 Å². The molecule has 9 heteroatoms. The van der Waals surface area contributed by atoms with Gasteiger partial charge in [-0.05, 0) is 0 Å².